The maximum Gasteiger partial charge on any atom is 0.0754 e. The zero-order chi connectivity index (χ0) is 17.2. The van der Waals surface area contributed by atoms with Gasteiger partial charge in [0.2, 0.25) is 0 Å². The number of oxime groups is 2. The Bertz CT molecular complexity index is 670. The summed E-state index contributed by atoms with van der Waals surface area (Å²) in [5.74, 6) is 0. The molecular weight excluding hydrogens is 302 g/mol. The first kappa shape index (κ1) is 17.7. The van der Waals surface area contributed by atoms with Gasteiger partial charge in [-0.15, -0.1) is 0 Å². The fourth-order valence-corrected chi connectivity index (χ4v) is 2.58. The zero-order valence-electron chi connectivity index (χ0n) is 13.8. The molecule has 2 rings (SSSR count). The lowest BCUT2D eigenvalue weighted by Crippen LogP contribution is -2.34. The molecule has 0 fully saturated rings. The minimum Gasteiger partial charge on any atom is -0.411 e. The third-order valence-electron chi connectivity index (χ3n) is 3.67. The normalized spacial score (nSPS) is 12.6. The molecule has 0 aliphatic heterocycles. The largest absolute Gasteiger partial charge is 0.411 e. The Morgan fingerprint density at radius 2 is 1.42 bits per heavy atom. The van der Waals surface area contributed by atoms with Crippen molar-refractivity contribution in [2.75, 3.05) is 13.1 Å². The molecule has 0 aromatic heterocycles. The minimum absolute atomic E-state index is 0.493. The van der Waals surface area contributed by atoms with E-state index < -0.39 is 0 Å². The quantitative estimate of drug-likeness (QED) is 0.444. The standard InChI is InChI=1S/C19H23N3O2/c1-16(20-23)13-22(14-18-10-6-3-7-11-18)15-19(21-24)12-17-8-4-2-5-9-17/h2-11,23-24H,12-15H2,1H3/b20-16+,21-19+. The summed E-state index contributed by atoms with van der Waals surface area (Å²) in [4.78, 5) is 2.09. The summed E-state index contributed by atoms with van der Waals surface area (Å²) in [6.07, 6.45) is 0.581. The molecule has 0 unspecified atom stereocenters. The molecule has 0 spiro atoms. The number of benzene rings is 2. The monoisotopic (exact) mass is 325 g/mol. The molecule has 0 atom stereocenters. The number of rotatable bonds is 8. The highest BCUT2D eigenvalue weighted by atomic mass is 16.4. The van der Waals surface area contributed by atoms with E-state index in [1.807, 2.05) is 60.7 Å². The lowest BCUT2D eigenvalue weighted by molar-refractivity contribution is 0.294. The molecule has 5 heteroatoms. The number of hydrogen-bond acceptors (Lipinski definition) is 5. The first-order valence-electron chi connectivity index (χ1n) is 7.89. The molecule has 126 valence electrons. The highest BCUT2D eigenvalue weighted by Crippen LogP contribution is 2.07. The van der Waals surface area contributed by atoms with Crippen LogP contribution in [0.1, 0.15) is 18.1 Å². The Morgan fingerprint density at radius 3 is 1.96 bits per heavy atom. The van der Waals surface area contributed by atoms with Gasteiger partial charge in [0.05, 0.1) is 11.4 Å². The van der Waals surface area contributed by atoms with Crippen LogP contribution in [0.4, 0.5) is 0 Å². The Kier molecular flexibility index (Phi) is 6.98. The molecule has 0 amide bonds. The predicted octanol–water partition coefficient (Wildman–Crippen LogP) is 3.41. The molecule has 0 aliphatic rings. The van der Waals surface area contributed by atoms with E-state index in [1.54, 1.807) is 6.92 Å². The Labute approximate surface area is 142 Å². The van der Waals surface area contributed by atoms with E-state index in [-0.39, 0.29) is 0 Å². The molecule has 0 radical (unpaired) electrons. The zero-order valence-corrected chi connectivity index (χ0v) is 13.8. The summed E-state index contributed by atoms with van der Waals surface area (Å²) in [6, 6.07) is 20.0. The third-order valence-corrected chi connectivity index (χ3v) is 3.67. The van der Waals surface area contributed by atoms with Crippen LogP contribution in [0.5, 0.6) is 0 Å². The molecule has 0 saturated heterocycles. The summed E-state index contributed by atoms with van der Waals surface area (Å²) in [7, 11) is 0. The van der Waals surface area contributed by atoms with Gasteiger partial charge < -0.3 is 10.4 Å². The van der Waals surface area contributed by atoms with Crippen LogP contribution < -0.4 is 0 Å². The topological polar surface area (TPSA) is 68.4 Å². The van der Waals surface area contributed by atoms with Gasteiger partial charge in [0.1, 0.15) is 0 Å². The maximum absolute atomic E-state index is 9.38. The molecule has 2 aromatic rings. The Morgan fingerprint density at radius 1 is 0.833 bits per heavy atom. The van der Waals surface area contributed by atoms with E-state index in [0.717, 1.165) is 11.1 Å². The first-order valence-corrected chi connectivity index (χ1v) is 7.89. The Hall–Kier alpha value is -2.66. The average Bonchev–Trinajstić information content (AvgIpc) is 2.62. The second-order valence-corrected chi connectivity index (χ2v) is 5.79. The van der Waals surface area contributed by atoms with Gasteiger partial charge in [-0.2, -0.15) is 0 Å². The maximum atomic E-state index is 9.38. The van der Waals surface area contributed by atoms with Crippen LogP contribution in [0.2, 0.25) is 0 Å². The highest BCUT2D eigenvalue weighted by molar-refractivity contribution is 5.89. The fraction of sp³-hybridized carbons (Fsp3) is 0.263. The van der Waals surface area contributed by atoms with E-state index in [0.29, 0.717) is 37.5 Å². The van der Waals surface area contributed by atoms with Crippen LogP contribution in [0, 0.1) is 0 Å². The van der Waals surface area contributed by atoms with Crippen molar-refractivity contribution in [1.29, 1.82) is 0 Å². The van der Waals surface area contributed by atoms with E-state index in [2.05, 4.69) is 15.2 Å². The molecule has 2 N–H and O–H groups in total. The Balaban J connectivity index is 2.07. The lowest BCUT2D eigenvalue weighted by Gasteiger charge is -2.22. The smallest absolute Gasteiger partial charge is 0.0754 e. The van der Waals surface area contributed by atoms with Crippen LogP contribution in [-0.4, -0.2) is 39.8 Å². The van der Waals surface area contributed by atoms with Crippen molar-refractivity contribution in [3.05, 3.63) is 71.8 Å². The summed E-state index contributed by atoms with van der Waals surface area (Å²) in [5, 5.41) is 25.1. The van der Waals surface area contributed by atoms with Gasteiger partial charge in [-0.05, 0) is 18.1 Å². The van der Waals surface area contributed by atoms with Gasteiger partial charge in [0.25, 0.3) is 0 Å². The number of hydrogen-bond donors (Lipinski definition) is 2. The van der Waals surface area contributed by atoms with Crippen molar-refractivity contribution < 1.29 is 10.4 Å². The summed E-state index contributed by atoms with van der Waals surface area (Å²) in [6.45, 7) is 3.44. The average molecular weight is 325 g/mol. The van der Waals surface area contributed by atoms with Crippen molar-refractivity contribution in [1.82, 2.24) is 4.90 Å². The van der Waals surface area contributed by atoms with Crippen molar-refractivity contribution in [3.63, 3.8) is 0 Å². The van der Waals surface area contributed by atoms with Crippen LogP contribution in [0.15, 0.2) is 71.0 Å². The van der Waals surface area contributed by atoms with Crippen LogP contribution >= 0.6 is 0 Å². The summed E-state index contributed by atoms with van der Waals surface area (Å²) >= 11 is 0. The van der Waals surface area contributed by atoms with E-state index in [1.165, 1.54) is 0 Å². The van der Waals surface area contributed by atoms with Gasteiger partial charge >= 0.3 is 0 Å². The van der Waals surface area contributed by atoms with Gasteiger partial charge in [0, 0.05) is 26.1 Å². The van der Waals surface area contributed by atoms with E-state index in [4.69, 9.17) is 5.21 Å². The van der Waals surface area contributed by atoms with E-state index in [9.17, 15) is 5.21 Å². The van der Waals surface area contributed by atoms with Crippen LogP contribution in [0.25, 0.3) is 0 Å². The lowest BCUT2D eigenvalue weighted by atomic mass is 10.1. The fourth-order valence-electron chi connectivity index (χ4n) is 2.58. The summed E-state index contributed by atoms with van der Waals surface area (Å²) in [5.41, 5.74) is 3.53. The van der Waals surface area contributed by atoms with Crippen LogP contribution in [-0.2, 0) is 13.0 Å². The van der Waals surface area contributed by atoms with Gasteiger partial charge in [-0.25, -0.2) is 0 Å². The molecule has 0 bridgehead atoms. The highest BCUT2D eigenvalue weighted by Gasteiger charge is 2.13. The van der Waals surface area contributed by atoms with E-state index >= 15 is 0 Å². The van der Waals surface area contributed by atoms with Crippen LogP contribution in [0.3, 0.4) is 0 Å². The second-order valence-electron chi connectivity index (χ2n) is 5.79. The van der Waals surface area contributed by atoms with Gasteiger partial charge in [-0.3, -0.25) is 4.90 Å². The van der Waals surface area contributed by atoms with Gasteiger partial charge in [0.15, 0.2) is 0 Å². The van der Waals surface area contributed by atoms with Crippen molar-refractivity contribution >= 4 is 11.4 Å². The molecule has 0 saturated carbocycles. The van der Waals surface area contributed by atoms with Crippen molar-refractivity contribution in [2.24, 2.45) is 10.3 Å². The molecule has 2 aromatic carbocycles. The molecule has 5 nitrogen and oxygen atoms in total. The SMILES string of the molecule is C/C(CN(C/C(Cc1ccccc1)=N/O)Cc1ccccc1)=N\O. The third kappa shape index (κ3) is 5.85. The predicted molar refractivity (Wildman–Crippen MR) is 96.0 cm³/mol. The minimum atomic E-state index is 0.493. The molecular formula is C19H23N3O2. The van der Waals surface area contributed by atoms with Crippen molar-refractivity contribution in [3.8, 4) is 0 Å². The molecule has 24 heavy (non-hydrogen) atoms. The first-order chi connectivity index (χ1) is 11.7. The van der Waals surface area contributed by atoms with Gasteiger partial charge in [-0.1, -0.05) is 71.0 Å². The molecule has 0 heterocycles. The van der Waals surface area contributed by atoms with Crippen molar-refractivity contribution in [2.45, 2.75) is 19.9 Å². The summed E-state index contributed by atoms with van der Waals surface area (Å²) < 4.78 is 0. The second kappa shape index (κ2) is 9.47. The number of nitrogens with zero attached hydrogens (tertiary/aromatic N) is 3. The molecule has 0 aliphatic carbocycles.